The van der Waals surface area contributed by atoms with Crippen molar-refractivity contribution in [3.63, 3.8) is 0 Å². The van der Waals surface area contributed by atoms with Gasteiger partial charge in [-0.05, 0) is 36.2 Å². The van der Waals surface area contributed by atoms with Crippen molar-refractivity contribution in [1.82, 2.24) is 4.98 Å². The summed E-state index contributed by atoms with van der Waals surface area (Å²) in [6.07, 6.45) is 1.28. The molecule has 0 saturated carbocycles. The topological polar surface area (TPSA) is 33.1 Å². The average Bonchev–Trinajstić information content (AvgIpc) is 2.33. The highest BCUT2D eigenvalue weighted by atomic mass is 35.5. The molecule has 1 heterocycles. The molecule has 2 rings (SSSR count). The van der Waals surface area contributed by atoms with E-state index in [1.54, 1.807) is 12.3 Å². The van der Waals surface area contributed by atoms with Crippen molar-refractivity contribution < 1.29 is 9.50 Å². The third kappa shape index (κ3) is 3.06. The maximum Gasteiger partial charge on any atom is 0.124 e. The van der Waals surface area contributed by atoms with Crippen molar-refractivity contribution >= 4 is 11.6 Å². The standard InChI is InChI=1S/C14H13ClFNO/c1-9-2-3-11(8-17-9)14(18)6-10-4-5-12(16)7-13(10)15/h2-5,7-8,14,18H,6H2,1H3. The summed E-state index contributed by atoms with van der Waals surface area (Å²) in [4.78, 5) is 4.13. The third-order valence-electron chi connectivity index (χ3n) is 2.75. The Balaban J connectivity index is 2.15. The number of pyridine rings is 1. The minimum atomic E-state index is -0.693. The summed E-state index contributed by atoms with van der Waals surface area (Å²) in [7, 11) is 0. The van der Waals surface area contributed by atoms with Crippen molar-refractivity contribution in [2.45, 2.75) is 19.4 Å². The van der Waals surface area contributed by atoms with Crippen LogP contribution in [0.5, 0.6) is 0 Å². The van der Waals surface area contributed by atoms with Crippen molar-refractivity contribution in [3.05, 3.63) is 64.2 Å². The van der Waals surface area contributed by atoms with Gasteiger partial charge in [-0.1, -0.05) is 23.7 Å². The number of hydrogen-bond donors (Lipinski definition) is 1. The van der Waals surface area contributed by atoms with Crippen LogP contribution in [0.3, 0.4) is 0 Å². The monoisotopic (exact) mass is 265 g/mol. The Kier molecular flexibility index (Phi) is 3.94. The van der Waals surface area contributed by atoms with Gasteiger partial charge in [0.2, 0.25) is 0 Å². The lowest BCUT2D eigenvalue weighted by Gasteiger charge is -2.12. The zero-order valence-corrected chi connectivity index (χ0v) is 10.7. The third-order valence-corrected chi connectivity index (χ3v) is 3.10. The van der Waals surface area contributed by atoms with Crippen molar-refractivity contribution in [2.24, 2.45) is 0 Å². The molecular formula is C14H13ClFNO. The van der Waals surface area contributed by atoms with Crippen LogP contribution in [0.25, 0.3) is 0 Å². The van der Waals surface area contributed by atoms with Gasteiger partial charge in [0.1, 0.15) is 5.82 Å². The zero-order chi connectivity index (χ0) is 13.1. The fraction of sp³-hybridized carbons (Fsp3) is 0.214. The van der Waals surface area contributed by atoms with Crippen LogP contribution in [0.2, 0.25) is 5.02 Å². The molecule has 0 aliphatic heterocycles. The zero-order valence-electron chi connectivity index (χ0n) is 9.90. The molecule has 0 radical (unpaired) electrons. The molecule has 0 amide bonds. The number of nitrogens with zero attached hydrogens (tertiary/aromatic N) is 1. The Hall–Kier alpha value is -1.45. The lowest BCUT2D eigenvalue weighted by molar-refractivity contribution is 0.178. The normalized spacial score (nSPS) is 12.4. The van der Waals surface area contributed by atoms with Crippen molar-refractivity contribution in [3.8, 4) is 0 Å². The molecule has 0 spiro atoms. The summed E-state index contributed by atoms with van der Waals surface area (Å²) < 4.78 is 12.9. The Labute approximate surface area is 110 Å². The van der Waals surface area contributed by atoms with E-state index in [0.717, 1.165) is 11.3 Å². The van der Waals surface area contributed by atoms with E-state index in [1.807, 2.05) is 19.1 Å². The smallest absolute Gasteiger partial charge is 0.124 e. The minimum Gasteiger partial charge on any atom is -0.388 e. The lowest BCUT2D eigenvalue weighted by Crippen LogP contribution is -2.03. The number of aromatic nitrogens is 1. The summed E-state index contributed by atoms with van der Waals surface area (Å²) >= 11 is 5.92. The van der Waals surface area contributed by atoms with Gasteiger partial charge in [-0.2, -0.15) is 0 Å². The summed E-state index contributed by atoms with van der Waals surface area (Å²) in [6, 6.07) is 7.83. The summed E-state index contributed by atoms with van der Waals surface area (Å²) in [5.41, 5.74) is 2.33. The van der Waals surface area contributed by atoms with E-state index < -0.39 is 6.10 Å². The van der Waals surface area contributed by atoms with Gasteiger partial charge in [-0.3, -0.25) is 4.98 Å². The van der Waals surface area contributed by atoms with Crippen LogP contribution in [0.15, 0.2) is 36.5 Å². The molecule has 94 valence electrons. The highest BCUT2D eigenvalue weighted by Gasteiger charge is 2.11. The van der Waals surface area contributed by atoms with Gasteiger partial charge in [0.15, 0.2) is 0 Å². The second kappa shape index (κ2) is 5.46. The second-order valence-electron chi connectivity index (χ2n) is 4.19. The van der Waals surface area contributed by atoms with Crippen molar-refractivity contribution in [2.75, 3.05) is 0 Å². The number of halogens is 2. The molecule has 0 bridgehead atoms. The molecule has 2 aromatic rings. The van der Waals surface area contributed by atoms with Gasteiger partial charge in [0.25, 0.3) is 0 Å². The number of aryl methyl sites for hydroxylation is 1. The molecule has 1 aromatic heterocycles. The first kappa shape index (κ1) is 13.0. The summed E-state index contributed by atoms with van der Waals surface area (Å²) in [5, 5.41) is 10.4. The predicted octanol–water partition coefficient (Wildman–Crippen LogP) is 3.46. The van der Waals surface area contributed by atoms with E-state index in [9.17, 15) is 9.50 Å². The molecule has 1 N–H and O–H groups in total. The highest BCUT2D eigenvalue weighted by molar-refractivity contribution is 6.31. The fourth-order valence-corrected chi connectivity index (χ4v) is 1.93. The highest BCUT2D eigenvalue weighted by Crippen LogP contribution is 2.24. The molecule has 1 aromatic carbocycles. The maximum atomic E-state index is 12.9. The van der Waals surface area contributed by atoms with Gasteiger partial charge < -0.3 is 5.11 Å². The average molecular weight is 266 g/mol. The number of rotatable bonds is 3. The van der Waals surface area contributed by atoms with Gasteiger partial charge in [-0.25, -0.2) is 4.39 Å². The van der Waals surface area contributed by atoms with E-state index in [2.05, 4.69) is 4.98 Å². The molecule has 0 saturated heterocycles. The van der Waals surface area contributed by atoms with Crippen LogP contribution >= 0.6 is 11.6 Å². The second-order valence-corrected chi connectivity index (χ2v) is 4.60. The molecule has 18 heavy (non-hydrogen) atoms. The van der Waals surface area contributed by atoms with Crippen LogP contribution in [0.1, 0.15) is 22.9 Å². The Morgan fingerprint density at radius 1 is 1.33 bits per heavy atom. The van der Waals surface area contributed by atoms with Gasteiger partial charge in [-0.15, -0.1) is 0 Å². The lowest BCUT2D eigenvalue weighted by atomic mass is 10.0. The Morgan fingerprint density at radius 3 is 2.72 bits per heavy atom. The van der Waals surface area contributed by atoms with E-state index in [-0.39, 0.29) is 5.82 Å². The molecule has 4 heteroatoms. The van der Waals surface area contributed by atoms with Gasteiger partial charge in [0.05, 0.1) is 6.10 Å². The first-order chi connectivity index (χ1) is 8.56. The number of aliphatic hydroxyl groups excluding tert-OH is 1. The minimum absolute atomic E-state index is 0.328. The summed E-state index contributed by atoms with van der Waals surface area (Å²) in [6.45, 7) is 1.88. The van der Waals surface area contributed by atoms with Gasteiger partial charge >= 0.3 is 0 Å². The van der Waals surface area contributed by atoms with Crippen molar-refractivity contribution in [1.29, 1.82) is 0 Å². The Bertz CT molecular complexity index is 542. The first-order valence-corrected chi connectivity index (χ1v) is 5.98. The molecule has 0 fully saturated rings. The number of aliphatic hydroxyl groups is 1. The summed E-state index contributed by atoms with van der Waals surface area (Å²) in [5.74, 6) is -0.379. The van der Waals surface area contributed by atoms with E-state index in [4.69, 9.17) is 11.6 Å². The molecule has 1 atom stereocenters. The van der Waals surface area contributed by atoms with Gasteiger partial charge in [0, 0.05) is 23.3 Å². The molecule has 0 aliphatic carbocycles. The van der Waals surface area contributed by atoms with Crippen LogP contribution in [-0.2, 0) is 6.42 Å². The maximum absolute atomic E-state index is 12.9. The van der Waals surface area contributed by atoms with Crippen LogP contribution in [0.4, 0.5) is 4.39 Å². The van der Waals surface area contributed by atoms with Crippen LogP contribution < -0.4 is 0 Å². The Morgan fingerprint density at radius 2 is 2.11 bits per heavy atom. The largest absolute Gasteiger partial charge is 0.388 e. The van der Waals surface area contributed by atoms with E-state index in [0.29, 0.717) is 17.0 Å². The first-order valence-electron chi connectivity index (χ1n) is 5.61. The number of benzene rings is 1. The molecule has 1 unspecified atom stereocenters. The van der Waals surface area contributed by atoms with Crippen LogP contribution in [-0.4, -0.2) is 10.1 Å². The quantitative estimate of drug-likeness (QED) is 0.922. The number of hydrogen-bond acceptors (Lipinski definition) is 2. The predicted molar refractivity (Wildman–Crippen MR) is 69.0 cm³/mol. The fourth-order valence-electron chi connectivity index (χ4n) is 1.69. The molecule has 2 nitrogen and oxygen atoms in total. The van der Waals surface area contributed by atoms with E-state index in [1.165, 1.54) is 12.1 Å². The van der Waals surface area contributed by atoms with Crippen LogP contribution in [0, 0.1) is 12.7 Å². The van der Waals surface area contributed by atoms with E-state index >= 15 is 0 Å². The SMILES string of the molecule is Cc1ccc(C(O)Cc2ccc(F)cc2Cl)cn1. The molecular weight excluding hydrogens is 253 g/mol. The molecule has 0 aliphatic rings.